The highest BCUT2D eigenvalue weighted by Gasteiger charge is 2.39. The summed E-state index contributed by atoms with van der Waals surface area (Å²) in [5.41, 5.74) is -0.705. The van der Waals surface area contributed by atoms with Crippen molar-refractivity contribution in [1.29, 1.82) is 0 Å². The number of rotatable bonds is 4. The van der Waals surface area contributed by atoms with E-state index in [0.29, 0.717) is 12.8 Å². The minimum atomic E-state index is -0.932. The van der Waals surface area contributed by atoms with Crippen LogP contribution in [0.25, 0.3) is 0 Å². The molecule has 104 valence electrons. The van der Waals surface area contributed by atoms with Crippen LogP contribution in [0.3, 0.4) is 0 Å². The van der Waals surface area contributed by atoms with Crippen LogP contribution in [0, 0.1) is 11.6 Å². The number of halogens is 2. The molecule has 1 aromatic carbocycles. The van der Waals surface area contributed by atoms with E-state index in [1.165, 1.54) is 19.2 Å². The van der Waals surface area contributed by atoms with Gasteiger partial charge in [-0.05, 0) is 24.5 Å². The van der Waals surface area contributed by atoms with E-state index in [9.17, 15) is 13.6 Å². The Bertz CT molecular complexity index is 465. The molecule has 0 aromatic heterocycles. The van der Waals surface area contributed by atoms with Crippen LogP contribution in [-0.4, -0.2) is 18.5 Å². The third-order valence-corrected chi connectivity index (χ3v) is 3.94. The smallest absolute Gasteiger partial charge is 0.169 e. The van der Waals surface area contributed by atoms with Crippen molar-refractivity contribution in [3.8, 4) is 0 Å². The second-order valence-electron chi connectivity index (χ2n) is 5.07. The molecule has 1 fully saturated rings. The summed E-state index contributed by atoms with van der Waals surface area (Å²) in [4.78, 5) is 12.4. The summed E-state index contributed by atoms with van der Waals surface area (Å²) in [5, 5.41) is 0. The Kier molecular flexibility index (Phi) is 4.30. The Balaban J connectivity index is 2.17. The van der Waals surface area contributed by atoms with Crippen molar-refractivity contribution in [1.82, 2.24) is 0 Å². The minimum absolute atomic E-state index is 0.104. The summed E-state index contributed by atoms with van der Waals surface area (Å²) >= 11 is 0. The molecule has 4 heteroatoms. The van der Waals surface area contributed by atoms with Crippen LogP contribution in [0.5, 0.6) is 0 Å². The van der Waals surface area contributed by atoms with E-state index in [-0.39, 0.29) is 17.8 Å². The first-order chi connectivity index (χ1) is 9.09. The standard InChI is InChI=1S/C15H18F2O2/c1-19-15(8-3-2-4-9-15)13(18)10-11-6-5-7-12(16)14(11)17/h5-7H,2-4,8-10H2,1H3. The SMILES string of the molecule is COC1(C(=O)Cc2cccc(F)c2F)CCCCC1. The number of benzene rings is 1. The van der Waals surface area contributed by atoms with Crippen LogP contribution in [0.1, 0.15) is 37.7 Å². The maximum absolute atomic E-state index is 13.6. The summed E-state index contributed by atoms with van der Waals surface area (Å²) in [6.07, 6.45) is 4.18. The maximum Gasteiger partial charge on any atom is 0.169 e. The molecule has 19 heavy (non-hydrogen) atoms. The molecular formula is C15H18F2O2. The Morgan fingerprint density at radius 2 is 1.95 bits per heavy atom. The number of ketones is 1. The van der Waals surface area contributed by atoms with Crippen LogP contribution < -0.4 is 0 Å². The third-order valence-electron chi connectivity index (χ3n) is 3.94. The van der Waals surface area contributed by atoms with Crippen LogP contribution in [0.2, 0.25) is 0 Å². The fourth-order valence-electron chi connectivity index (χ4n) is 2.74. The van der Waals surface area contributed by atoms with E-state index in [0.717, 1.165) is 25.3 Å². The molecular weight excluding hydrogens is 250 g/mol. The van der Waals surface area contributed by atoms with Gasteiger partial charge in [0.2, 0.25) is 0 Å². The number of ether oxygens (including phenoxy) is 1. The molecule has 0 saturated heterocycles. The van der Waals surface area contributed by atoms with Crippen LogP contribution >= 0.6 is 0 Å². The Morgan fingerprint density at radius 3 is 2.58 bits per heavy atom. The highest BCUT2D eigenvalue weighted by molar-refractivity contribution is 5.89. The third kappa shape index (κ3) is 2.84. The predicted molar refractivity (Wildman–Crippen MR) is 67.9 cm³/mol. The monoisotopic (exact) mass is 268 g/mol. The van der Waals surface area contributed by atoms with Crippen molar-refractivity contribution in [2.24, 2.45) is 0 Å². The first-order valence-corrected chi connectivity index (χ1v) is 6.60. The lowest BCUT2D eigenvalue weighted by atomic mass is 9.79. The highest BCUT2D eigenvalue weighted by Crippen LogP contribution is 2.33. The molecule has 0 unspecified atom stereocenters. The van der Waals surface area contributed by atoms with E-state index < -0.39 is 17.2 Å². The lowest BCUT2D eigenvalue weighted by Gasteiger charge is -2.34. The molecule has 0 N–H and O–H groups in total. The number of carbonyl (C=O) groups is 1. The van der Waals surface area contributed by atoms with Crippen molar-refractivity contribution >= 4 is 5.78 Å². The zero-order valence-electron chi connectivity index (χ0n) is 11.0. The molecule has 0 radical (unpaired) electrons. The highest BCUT2D eigenvalue weighted by atomic mass is 19.2. The Morgan fingerprint density at radius 1 is 1.26 bits per heavy atom. The quantitative estimate of drug-likeness (QED) is 0.836. The van der Waals surface area contributed by atoms with E-state index in [2.05, 4.69) is 0 Å². The van der Waals surface area contributed by atoms with Gasteiger partial charge in [0.15, 0.2) is 17.4 Å². The van der Waals surface area contributed by atoms with Gasteiger partial charge in [-0.3, -0.25) is 4.79 Å². The summed E-state index contributed by atoms with van der Waals surface area (Å²) in [7, 11) is 1.52. The predicted octanol–water partition coefficient (Wildman–Crippen LogP) is 3.43. The topological polar surface area (TPSA) is 26.3 Å². The fraction of sp³-hybridized carbons (Fsp3) is 0.533. The van der Waals surface area contributed by atoms with Crippen molar-refractivity contribution in [2.45, 2.75) is 44.1 Å². The summed E-state index contributed by atoms with van der Waals surface area (Å²) < 4.78 is 32.1. The van der Waals surface area contributed by atoms with Gasteiger partial charge in [-0.2, -0.15) is 0 Å². The average molecular weight is 268 g/mol. The molecule has 0 spiro atoms. The molecule has 0 bridgehead atoms. The zero-order chi connectivity index (χ0) is 13.9. The molecule has 0 atom stereocenters. The zero-order valence-corrected chi connectivity index (χ0v) is 11.0. The lowest BCUT2D eigenvalue weighted by molar-refractivity contribution is -0.144. The van der Waals surface area contributed by atoms with E-state index >= 15 is 0 Å². The minimum Gasteiger partial charge on any atom is -0.370 e. The number of Topliss-reactive ketones (excluding diaryl/α,β-unsaturated/α-hetero) is 1. The molecule has 2 nitrogen and oxygen atoms in total. The van der Waals surface area contributed by atoms with Crippen LogP contribution in [-0.2, 0) is 16.0 Å². The normalized spacial score (nSPS) is 18.3. The van der Waals surface area contributed by atoms with Gasteiger partial charge in [0.25, 0.3) is 0 Å². The molecule has 1 aliphatic carbocycles. The first kappa shape index (κ1) is 14.1. The van der Waals surface area contributed by atoms with Gasteiger partial charge in [0, 0.05) is 13.5 Å². The Labute approximate surface area is 111 Å². The van der Waals surface area contributed by atoms with Crippen molar-refractivity contribution in [2.75, 3.05) is 7.11 Å². The summed E-state index contributed by atoms with van der Waals surface area (Å²) in [5.74, 6) is -2.00. The van der Waals surface area contributed by atoms with Crippen molar-refractivity contribution in [3.05, 3.63) is 35.4 Å². The van der Waals surface area contributed by atoms with Gasteiger partial charge < -0.3 is 4.74 Å². The second-order valence-corrected chi connectivity index (χ2v) is 5.07. The molecule has 0 aliphatic heterocycles. The van der Waals surface area contributed by atoms with Crippen LogP contribution in [0.15, 0.2) is 18.2 Å². The number of hydrogen-bond acceptors (Lipinski definition) is 2. The summed E-state index contributed by atoms with van der Waals surface area (Å²) in [6, 6.07) is 3.92. The molecule has 1 aromatic rings. The van der Waals surface area contributed by atoms with Gasteiger partial charge in [-0.1, -0.05) is 31.4 Å². The van der Waals surface area contributed by atoms with Crippen molar-refractivity contribution < 1.29 is 18.3 Å². The van der Waals surface area contributed by atoms with Crippen molar-refractivity contribution in [3.63, 3.8) is 0 Å². The van der Waals surface area contributed by atoms with E-state index in [1.54, 1.807) is 0 Å². The molecule has 1 saturated carbocycles. The van der Waals surface area contributed by atoms with E-state index in [1.807, 2.05) is 0 Å². The molecule has 1 aliphatic rings. The van der Waals surface area contributed by atoms with Gasteiger partial charge in [0.1, 0.15) is 5.60 Å². The fourth-order valence-corrected chi connectivity index (χ4v) is 2.74. The van der Waals surface area contributed by atoms with E-state index in [4.69, 9.17) is 4.74 Å². The van der Waals surface area contributed by atoms with Gasteiger partial charge in [0.05, 0.1) is 0 Å². The van der Waals surface area contributed by atoms with Gasteiger partial charge in [-0.15, -0.1) is 0 Å². The van der Waals surface area contributed by atoms with Crippen LogP contribution in [0.4, 0.5) is 8.78 Å². The summed E-state index contributed by atoms with van der Waals surface area (Å²) in [6.45, 7) is 0. The average Bonchev–Trinajstić information content (AvgIpc) is 2.44. The first-order valence-electron chi connectivity index (χ1n) is 6.60. The number of methoxy groups -OCH3 is 1. The molecule has 2 rings (SSSR count). The molecule has 0 heterocycles. The maximum atomic E-state index is 13.6. The number of hydrogen-bond donors (Lipinski definition) is 0. The second kappa shape index (κ2) is 5.78. The van der Waals surface area contributed by atoms with Gasteiger partial charge >= 0.3 is 0 Å². The lowest BCUT2D eigenvalue weighted by Crippen LogP contribution is -2.43. The number of carbonyl (C=O) groups excluding carboxylic acids is 1. The molecule has 0 amide bonds. The Hall–Kier alpha value is -1.29. The largest absolute Gasteiger partial charge is 0.370 e. The van der Waals surface area contributed by atoms with Gasteiger partial charge in [-0.25, -0.2) is 8.78 Å².